The number of benzene rings is 2. The summed E-state index contributed by atoms with van der Waals surface area (Å²) >= 11 is 0. The molecule has 0 unspecified atom stereocenters. The van der Waals surface area contributed by atoms with E-state index < -0.39 is 11.9 Å². The lowest BCUT2D eigenvalue weighted by atomic mass is 10.1. The van der Waals surface area contributed by atoms with Crippen molar-refractivity contribution in [3.63, 3.8) is 0 Å². The maximum absolute atomic E-state index is 12.5. The molecule has 0 atom stereocenters. The number of aromatic amines is 1. The lowest BCUT2D eigenvalue weighted by molar-refractivity contribution is 0.0524. The van der Waals surface area contributed by atoms with E-state index >= 15 is 0 Å². The topological polar surface area (TPSA) is 104 Å². The Labute approximate surface area is 168 Å². The molecule has 150 valence electrons. The minimum absolute atomic E-state index is 0.120. The highest BCUT2D eigenvalue weighted by molar-refractivity contribution is 6.05. The number of esters is 1. The first-order valence-electron chi connectivity index (χ1n) is 9.26. The second-order valence-corrected chi connectivity index (χ2v) is 6.70. The van der Waals surface area contributed by atoms with Gasteiger partial charge in [-0.15, -0.1) is 0 Å². The normalized spacial score (nSPS) is 11.5. The molecule has 0 spiro atoms. The first-order valence-corrected chi connectivity index (χ1v) is 9.26. The molecule has 0 aliphatic heterocycles. The molecule has 0 aliphatic carbocycles. The third kappa shape index (κ3) is 3.99. The zero-order chi connectivity index (χ0) is 21.1. The van der Waals surface area contributed by atoms with Crippen LogP contribution in [0.4, 0.5) is 0 Å². The van der Waals surface area contributed by atoms with Crippen molar-refractivity contribution in [2.24, 2.45) is 5.10 Å². The monoisotopic (exact) mass is 393 g/mol. The van der Waals surface area contributed by atoms with E-state index in [0.29, 0.717) is 28.2 Å². The number of phenols is 1. The van der Waals surface area contributed by atoms with Gasteiger partial charge in [0.05, 0.1) is 29.1 Å². The molecule has 0 saturated heterocycles. The largest absolute Gasteiger partial charge is 0.507 e. The van der Waals surface area contributed by atoms with Crippen LogP contribution in [-0.4, -0.2) is 34.3 Å². The van der Waals surface area contributed by atoms with Gasteiger partial charge in [0.15, 0.2) is 0 Å². The SMILES string of the molecule is CCOC(=O)c1c(C)[nH]c(/C(C)=N/NC(=O)c2cc3ccccc3cc2O)c1C. The average Bonchev–Trinajstić information content (AvgIpc) is 2.99. The number of hydrogen-bond acceptors (Lipinski definition) is 5. The number of nitrogens with zero attached hydrogens (tertiary/aromatic N) is 1. The Morgan fingerprint density at radius 2 is 1.83 bits per heavy atom. The summed E-state index contributed by atoms with van der Waals surface area (Å²) in [5, 5.41) is 16.0. The van der Waals surface area contributed by atoms with Crippen LogP contribution in [-0.2, 0) is 4.74 Å². The predicted molar refractivity (Wildman–Crippen MR) is 112 cm³/mol. The van der Waals surface area contributed by atoms with Crippen molar-refractivity contribution in [1.29, 1.82) is 0 Å². The number of aryl methyl sites for hydroxylation is 1. The van der Waals surface area contributed by atoms with Crippen molar-refractivity contribution >= 4 is 28.4 Å². The number of carbonyl (C=O) groups excluding carboxylic acids is 2. The predicted octanol–water partition coefficient (Wildman–Crippen LogP) is 3.82. The van der Waals surface area contributed by atoms with Crippen molar-refractivity contribution < 1.29 is 19.4 Å². The second-order valence-electron chi connectivity index (χ2n) is 6.70. The number of nitrogens with one attached hydrogen (secondary N) is 2. The van der Waals surface area contributed by atoms with Gasteiger partial charge in [-0.2, -0.15) is 5.10 Å². The molecule has 0 fully saturated rings. The first kappa shape index (κ1) is 20.1. The van der Waals surface area contributed by atoms with Crippen molar-refractivity contribution in [2.45, 2.75) is 27.7 Å². The maximum Gasteiger partial charge on any atom is 0.340 e. The Bertz CT molecular complexity index is 1130. The van der Waals surface area contributed by atoms with Gasteiger partial charge in [0.25, 0.3) is 5.91 Å². The molecule has 7 nitrogen and oxygen atoms in total. The van der Waals surface area contributed by atoms with E-state index in [4.69, 9.17) is 4.74 Å². The fourth-order valence-electron chi connectivity index (χ4n) is 3.28. The van der Waals surface area contributed by atoms with Gasteiger partial charge in [0.2, 0.25) is 0 Å². The average molecular weight is 393 g/mol. The standard InChI is InChI=1S/C22H23N3O4/c1-5-29-22(28)19-12(2)20(23-13(19)3)14(4)24-25-21(27)17-10-15-8-6-7-9-16(15)11-18(17)26/h6-11,23,26H,5H2,1-4H3,(H,25,27)/b24-14+. The van der Waals surface area contributed by atoms with Crippen LogP contribution in [0, 0.1) is 13.8 Å². The van der Waals surface area contributed by atoms with Crippen LogP contribution in [0.5, 0.6) is 5.75 Å². The Hall–Kier alpha value is -3.61. The summed E-state index contributed by atoms with van der Waals surface area (Å²) in [6.07, 6.45) is 0. The molecule has 7 heteroatoms. The van der Waals surface area contributed by atoms with Gasteiger partial charge in [0.1, 0.15) is 5.75 Å². The summed E-state index contributed by atoms with van der Waals surface area (Å²) in [6.45, 7) is 7.33. The number of H-pyrrole nitrogens is 1. The van der Waals surface area contributed by atoms with E-state index in [1.165, 1.54) is 0 Å². The van der Waals surface area contributed by atoms with Crippen LogP contribution in [0.1, 0.15) is 51.5 Å². The fraction of sp³-hybridized carbons (Fsp3) is 0.227. The molecule has 0 bridgehead atoms. The fourth-order valence-corrected chi connectivity index (χ4v) is 3.28. The van der Waals surface area contributed by atoms with Crippen LogP contribution in [0.3, 0.4) is 0 Å². The van der Waals surface area contributed by atoms with Crippen LogP contribution < -0.4 is 5.43 Å². The Kier molecular flexibility index (Phi) is 5.68. The van der Waals surface area contributed by atoms with E-state index in [1.807, 2.05) is 24.3 Å². The van der Waals surface area contributed by atoms with E-state index in [2.05, 4.69) is 15.5 Å². The minimum atomic E-state index is -0.529. The molecule has 0 radical (unpaired) electrons. The van der Waals surface area contributed by atoms with E-state index in [1.54, 1.807) is 39.8 Å². The van der Waals surface area contributed by atoms with E-state index in [0.717, 1.165) is 10.8 Å². The summed E-state index contributed by atoms with van der Waals surface area (Å²) in [5.41, 5.74) is 5.56. The van der Waals surface area contributed by atoms with Crippen LogP contribution in [0.15, 0.2) is 41.5 Å². The van der Waals surface area contributed by atoms with Gasteiger partial charge in [-0.3, -0.25) is 4.79 Å². The Morgan fingerprint density at radius 3 is 2.48 bits per heavy atom. The first-order chi connectivity index (χ1) is 13.8. The van der Waals surface area contributed by atoms with Crippen molar-refractivity contribution in [3.05, 3.63) is 64.5 Å². The number of phenolic OH excluding ortho intramolecular Hbond substituents is 1. The lowest BCUT2D eigenvalue weighted by Gasteiger charge is -2.07. The zero-order valence-electron chi connectivity index (χ0n) is 16.8. The maximum atomic E-state index is 12.5. The smallest absolute Gasteiger partial charge is 0.340 e. The molecule has 0 aliphatic rings. The van der Waals surface area contributed by atoms with Crippen molar-refractivity contribution in [3.8, 4) is 5.75 Å². The molecular weight excluding hydrogens is 370 g/mol. The number of aromatic hydroxyl groups is 1. The summed E-state index contributed by atoms with van der Waals surface area (Å²) in [6, 6.07) is 10.6. The van der Waals surface area contributed by atoms with Crippen molar-refractivity contribution in [1.82, 2.24) is 10.4 Å². The zero-order valence-corrected chi connectivity index (χ0v) is 16.8. The van der Waals surface area contributed by atoms with Crippen LogP contribution in [0.2, 0.25) is 0 Å². The van der Waals surface area contributed by atoms with Gasteiger partial charge >= 0.3 is 5.97 Å². The summed E-state index contributed by atoms with van der Waals surface area (Å²) in [7, 11) is 0. The molecule has 1 amide bonds. The minimum Gasteiger partial charge on any atom is -0.507 e. The highest BCUT2D eigenvalue weighted by Crippen LogP contribution is 2.25. The number of ether oxygens (including phenoxy) is 1. The number of carbonyl (C=O) groups is 2. The lowest BCUT2D eigenvalue weighted by Crippen LogP contribution is -2.20. The second kappa shape index (κ2) is 8.18. The van der Waals surface area contributed by atoms with Crippen molar-refractivity contribution in [2.75, 3.05) is 6.61 Å². The molecule has 29 heavy (non-hydrogen) atoms. The number of hydrogen-bond donors (Lipinski definition) is 3. The van der Waals surface area contributed by atoms with E-state index in [9.17, 15) is 14.7 Å². The van der Waals surface area contributed by atoms with Crippen LogP contribution in [0.25, 0.3) is 10.8 Å². The third-order valence-electron chi connectivity index (χ3n) is 4.71. The van der Waals surface area contributed by atoms with Gasteiger partial charge in [-0.1, -0.05) is 24.3 Å². The summed E-state index contributed by atoms with van der Waals surface area (Å²) in [5.74, 6) is -1.05. The number of fused-ring (bicyclic) bond motifs is 1. The summed E-state index contributed by atoms with van der Waals surface area (Å²) < 4.78 is 5.09. The summed E-state index contributed by atoms with van der Waals surface area (Å²) in [4.78, 5) is 27.8. The molecule has 3 aromatic rings. The Morgan fingerprint density at radius 1 is 1.17 bits per heavy atom. The highest BCUT2D eigenvalue weighted by atomic mass is 16.5. The number of rotatable bonds is 5. The number of hydrazone groups is 1. The molecule has 3 rings (SSSR count). The third-order valence-corrected chi connectivity index (χ3v) is 4.71. The molecule has 0 saturated carbocycles. The van der Waals surface area contributed by atoms with E-state index in [-0.39, 0.29) is 17.9 Å². The molecule has 1 aromatic heterocycles. The molecule has 1 heterocycles. The Balaban J connectivity index is 1.85. The van der Waals surface area contributed by atoms with Gasteiger partial charge < -0.3 is 14.8 Å². The van der Waals surface area contributed by atoms with Gasteiger partial charge in [-0.25, -0.2) is 10.2 Å². The molecule has 2 aromatic carbocycles. The van der Waals surface area contributed by atoms with Gasteiger partial charge in [0, 0.05) is 5.69 Å². The molecule has 3 N–H and O–H groups in total. The van der Waals surface area contributed by atoms with Gasteiger partial charge in [-0.05, 0) is 56.2 Å². The number of aromatic nitrogens is 1. The quantitative estimate of drug-likeness (QED) is 0.348. The number of amides is 1. The highest BCUT2D eigenvalue weighted by Gasteiger charge is 2.20. The van der Waals surface area contributed by atoms with Crippen LogP contribution >= 0.6 is 0 Å². The molecular formula is C22H23N3O4.